The highest BCUT2D eigenvalue weighted by Gasteiger charge is 2.21. The topological polar surface area (TPSA) is 36.4 Å². The molecule has 0 bridgehead atoms. The predicted octanol–water partition coefficient (Wildman–Crippen LogP) is 4.36. The van der Waals surface area contributed by atoms with E-state index < -0.39 is 0 Å². The number of rotatable bonds is 6. The van der Waals surface area contributed by atoms with Crippen molar-refractivity contribution in [3.63, 3.8) is 0 Å². The van der Waals surface area contributed by atoms with E-state index in [1.54, 1.807) is 11.3 Å². The van der Waals surface area contributed by atoms with Gasteiger partial charge in [0.05, 0.1) is 16.6 Å². The first-order valence-corrected chi connectivity index (χ1v) is 10.0. The van der Waals surface area contributed by atoms with Gasteiger partial charge in [0, 0.05) is 13.1 Å². The smallest absolute Gasteiger partial charge is 0.233 e. The van der Waals surface area contributed by atoms with Crippen LogP contribution >= 0.6 is 11.3 Å². The molecule has 0 atom stereocenters. The number of hydrogen-bond acceptors (Lipinski definition) is 4. The normalized spacial score (nSPS) is 11.3. The Labute approximate surface area is 165 Å². The summed E-state index contributed by atoms with van der Waals surface area (Å²) in [7, 11) is 4.05. The maximum Gasteiger partial charge on any atom is 0.233 e. The number of aryl methyl sites for hydroxylation is 3. The van der Waals surface area contributed by atoms with Gasteiger partial charge >= 0.3 is 0 Å². The van der Waals surface area contributed by atoms with Gasteiger partial charge in [-0.25, -0.2) is 4.98 Å². The minimum absolute atomic E-state index is 0.103. The van der Waals surface area contributed by atoms with E-state index in [9.17, 15) is 4.79 Å². The van der Waals surface area contributed by atoms with Crippen molar-refractivity contribution >= 4 is 32.6 Å². The maximum atomic E-state index is 13.3. The van der Waals surface area contributed by atoms with E-state index in [-0.39, 0.29) is 5.91 Å². The van der Waals surface area contributed by atoms with Gasteiger partial charge in [-0.1, -0.05) is 41.2 Å². The molecule has 5 heteroatoms. The average molecular weight is 382 g/mol. The zero-order valence-electron chi connectivity index (χ0n) is 16.7. The SMILES string of the molecule is Cc1cc(C)c(CC(=O)N(CCN(C)C)c2nc3ccccc3s2)c(C)c1. The van der Waals surface area contributed by atoms with Gasteiger partial charge in [0.1, 0.15) is 0 Å². The molecule has 0 spiro atoms. The van der Waals surface area contributed by atoms with Crippen LogP contribution in [0.25, 0.3) is 10.2 Å². The maximum absolute atomic E-state index is 13.3. The van der Waals surface area contributed by atoms with Gasteiger partial charge < -0.3 is 4.90 Å². The zero-order valence-corrected chi connectivity index (χ0v) is 17.6. The number of anilines is 1. The van der Waals surface area contributed by atoms with Gasteiger partial charge in [0.25, 0.3) is 0 Å². The standard InChI is InChI=1S/C22H27N3OS/c1-15-12-16(2)18(17(3)13-15)14-21(26)25(11-10-24(4)5)22-23-19-8-6-7-9-20(19)27-22/h6-9,12-13H,10-11,14H2,1-5H3. The number of fused-ring (bicyclic) bond motifs is 1. The largest absolute Gasteiger partial charge is 0.308 e. The number of carbonyl (C=O) groups excluding carboxylic acids is 1. The zero-order chi connectivity index (χ0) is 19.6. The summed E-state index contributed by atoms with van der Waals surface area (Å²) >= 11 is 1.58. The first kappa shape index (κ1) is 19.5. The van der Waals surface area contributed by atoms with Crippen molar-refractivity contribution < 1.29 is 4.79 Å². The molecule has 1 heterocycles. The predicted molar refractivity (Wildman–Crippen MR) is 115 cm³/mol. The lowest BCUT2D eigenvalue weighted by atomic mass is 9.97. The van der Waals surface area contributed by atoms with Crippen LogP contribution in [0.3, 0.4) is 0 Å². The number of thiazole rings is 1. The molecule has 27 heavy (non-hydrogen) atoms. The van der Waals surface area contributed by atoms with Crippen LogP contribution in [-0.2, 0) is 11.2 Å². The van der Waals surface area contributed by atoms with E-state index in [0.29, 0.717) is 13.0 Å². The minimum atomic E-state index is 0.103. The Morgan fingerprint density at radius 2 is 1.70 bits per heavy atom. The molecule has 3 rings (SSSR count). The molecule has 0 aliphatic carbocycles. The van der Waals surface area contributed by atoms with Gasteiger partial charge in [0.15, 0.2) is 5.13 Å². The van der Waals surface area contributed by atoms with Gasteiger partial charge in [-0.2, -0.15) is 0 Å². The molecule has 0 saturated heterocycles. The van der Waals surface area contributed by atoms with Crippen LogP contribution in [0.4, 0.5) is 5.13 Å². The summed E-state index contributed by atoms with van der Waals surface area (Å²) < 4.78 is 1.11. The van der Waals surface area contributed by atoms with Crippen LogP contribution in [0.5, 0.6) is 0 Å². The molecule has 142 valence electrons. The van der Waals surface area contributed by atoms with Crippen molar-refractivity contribution in [3.05, 3.63) is 58.7 Å². The van der Waals surface area contributed by atoms with Gasteiger partial charge in [0.2, 0.25) is 5.91 Å². The summed E-state index contributed by atoms with van der Waals surface area (Å²) in [5.41, 5.74) is 5.66. The Morgan fingerprint density at radius 3 is 2.33 bits per heavy atom. The van der Waals surface area contributed by atoms with Crippen molar-refractivity contribution in [3.8, 4) is 0 Å². The van der Waals surface area contributed by atoms with Crippen LogP contribution in [0, 0.1) is 20.8 Å². The van der Waals surface area contributed by atoms with E-state index in [0.717, 1.165) is 27.5 Å². The number of amides is 1. The van der Waals surface area contributed by atoms with E-state index in [1.165, 1.54) is 16.7 Å². The van der Waals surface area contributed by atoms with E-state index in [2.05, 4.69) is 43.9 Å². The van der Waals surface area contributed by atoms with Crippen LogP contribution in [0.2, 0.25) is 0 Å². The Balaban J connectivity index is 1.91. The number of carbonyl (C=O) groups is 1. The number of para-hydroxylation sites is 1. The van der Waals surface area contributed by atoms with Gasteiger partial charge in [-0.15, -0.1) is 0 Å². The number of benzene rings is 2. The molecule has 0 radical (unpaired) electrons. The average Bonchev–Trinajstić information content (AvgIpc) is 3.01. The lowest BCUT2D eigenvalue weighted by Crippen LogP contribution is -2.37. The summed E-state index contributed by atoms with van der Waals surface area (Å²) in [5, 5.41) is 0.783. The molecule has 1 aromatic heterocycles. The van der Waals surface area contributed by atoms with Gasteiger partial charge in [-0.3, -0.25) is 9.69 Å². The summed E-state index contributed by atoms with van der Waals surface area (Å²) in [6, 6.07) is 12.3. The van der Waals surface area contributed by atoms with Crippen LogP contribution in [-0.4, -0.2) is 43.0 Å². The monoisotopic (exact) mass is 381 g/mol. The molecule has 3 aromatic rings. The van der Waals surface area contributed by atoms with E-state index >= 15 is 0 Å². The van der Waals surface area contributed by atoms with E-state index in [4.69, 9.17) is 4.98 Å². The molecule has 4 nitrogen and oxygen atoms in total. The van der Waals surface area contributed by atoms with Crippen molar-refractivity contribution in [1.82, 2.24) is 9.88 Å². The highest BCUT2D eigenvalue weighted by Crippen LogP contribution is 2.29. The third kappa shape index (κ3) is 4.54. The molecule has 1 amide bonds. The lowest BCUT2D eigenvalue weighted by Gasteiger charge is -2.23. The van der Waals surface area contributed by atoms with Gasteiger partial charge in [-0.05, 0) is 63.7 Å². The highest BCUT2D eigenvalue weighted by atomic mass is 32.1. The lowest BCUT2D eigenvalue weighted by molar-refractivity contribution is -0.118. The third-order valence-electron chi connectivity index (χ3n) is 4.75. The fourth-order valence-corrected chi connectivity index (χ4v) is 4.35. The molecule has 0 N–H and O–H groups in total. The molecule has 0 saturated carbocycles. The first-order chi connectivity index (χ1) is 12.8. The van der Waals surface area contributed by atoms with Crippen LogP contribution in [0.1, 0.15) is 22.3 Å². The summed E-state index contributed by atoms with van der Waals surface area (Å²) in [4.78, 5) is 21.9. The van der Waals surface area contributed by atoms with Crippen molar-refractivity contribution in [1.29, 1.82) is 0 Å². The Hall–Kier alpha value is -2.24. The highest BCUT2D eigenvalue weighted by molar-refractivity contribution is 7.22. The van der Waals surface area contributed by atoms with Crippen molar-refractivity contribution in [2.24, 2.45) is 0 Å². The molecule has 0 aliphatic rings. The summed E-state index contributed by atoms with van der Waals surface area (Å²) in [5.74, 6) is 0.103. The molecular weight excluding hydrogens is 354 g/mol. The van der Waals surface area contributed by atoms with Crippen LogP contribution < -0.4 is 4.90 Å². The third-order valence-corrected chi connectivity index (χ3v) is 5.81. The Kier molecular flexibility index (Phi) is 5.92. The summed E-state index contributed by atoms with van der Waals surface area (Å²) in [6.07, 6.45) is 0.404. The molecule has 0 unspecified atom stereocenters. The molecule has 2 aromatic carbocycles. The molecular formula is C22H27N3OS. The number of aromatic nitrogens is 1. The first-order valence-electron chi connectivity index (χ1n) is 9.22. The summed E-state index contributed by atoms with van der Waals surface area (Å²) in [6.45, 7) is 7.70. The molecule has 0 aliphatic heterocycles. The second-order valence-corrected chi connectivity index (χ2v) is 8.38. The molecule has 0 fully saturated rings. The second kappa shape index (κ2) is 8.19. The minimum Gasteiger partial charge on any atom is -0.308 e. The Bertz CT molecular complexity index is 905. The van der Waals surface area contributed by atoms with Crippen molar-refractivity contribution in [2.45, 2.75) is 27.2 Å². The second-order valence-electron chi connectivity index (χ2n) is 7.37. The quantitative estimate of drug-likeness (QED) is 0.637. The fourth-order valence-electron chi connectivity index (χ4n) is 3.34. The van der Waals surface area contributed by atoms with E-state index in [1.807, 2.05) is 37.2 Å². The number of hydrogen-bond donors (Lipinski definition) is 0. The van der Waals surface area contributed by atoms with Crippen molar-refractivity contribution in [2.75, 3.05) is 32.1 Å². The Morgan fingerprint density at radius 1 is 1.04 bits per heavy atom. The number of nitrogens with zero attached hydrogens (tertiary/aromatic N) is 3. The fraction of sp³-hybridized carbons (Fsp3) is 0.364. The van der Waals surface area contributed by atoms with Crippen LogP contribution in [0.15, 0.2) is 36.4 Å². The number of likely N-dealkylation sites (N-methyl/N-ethyl adjacent to an activating group) is 1.